The van der Waals surface area contributed by atoms with Gasteiger partial charge in [-0.05, 0) is 54.1 Å². The molecule has 39 heavy (non-hydrogen) atoms. The number of hydrogen-bond acceptors (Lipinski definition) is 6. The molecule has 4 aromatic rings. The minimum Gasteiger partial charge on any atom is -0.494 e. The number of carbonyl (C=O) groups is 1. The van der Waals surface area contributed by atoms with Crippen LogP contribution in [0.15, 0.2) is 91.1 Å². The van der Waals surface area contributed by atoms with Crippen LogP contribution < -0.4 is 21.5 Å². The summed E-state index contributed by atoms with van der Waals surface area (Å²) in [6, 6.07) is 16.5. The van der Waals surface area contributed by atoms with Gasteiger partial charge in [0, 0.05) is 35.6 Å². The predicted molar refractivity (Wildman–Crippen MR) is 141 cm³/mol. The molecule has 8 nitrogen and oxygen atoms in total. The maximum absolute atomic E-state index is 13.2. The Labute approximate surface area is 222 Å². The molecule has 0 unspecified atom stereocenters. The second-order valence-corrected chi connectivity index (χ2v) is 8.41. The van der Waals surface area contributed by atoms with Crippen LogP contribution in [0.3, 0.4) is 0 Å². The smallest absolute Gasteiger partial charge is 0.433 e. The van der Waals surface area contributed by atoms with Crippen molar-refractivity contribution in [3.63, 3.8) is 0 Å². The van der Waals surface area contributed by atoms with Crippen LogP contribution in [0.2, 0.25) is 0 Å². The first-order valence-electron chi connectivity index (χ1n) is 11.7. The number of nitrogens with two attached hydrogens (primary N) is 2. The highest BCUT2D eigenvalue weighted by molar-refractivity contribution is 5.95. The number of aromatic nitrogens is 2. The Bertz CT molecular complexity index is 1550. The van der Waals surface area contributed by atoms with E-state index in [1.165, 1.54) is 19.2 Å². The molecule has 0 atom stereocenters. The van der Waals surface area contributed by atoms with Gasteiger partial charge in [-0.25, -0.2) is 4.98 Å². The van der Waals surface area contributed by atoms with Gasteiger partial charge in [0.15, 0.2) is 0 Å². The van der Waals surface area contributed by atoms with E-state index in [0.29, 0.717) is 10.9 Å². The van der Waals surface area contributed by atoms with Crippen LogP contribution in [0.1, 0.15) is 16.8 Å². The van der Waals surface area contributed by atoms with E-state index >= 15 is 0 Å². The Kier molecular flexibility index (Phi) is 7.91. The van der Waals surface area contributed by atoms with Crippen LogP contribution in [0, 0.1) is 0 Å². The number of amides is 1. The summed E-state index contributed by atoms with van der Waals surface area (Å²) in [5.41, 5.74) is 12.6. The van der Waals surface area contributed by atoms with Crippen LogP contribution in [0.25, 0.3) is 22.3 Å². The fraction of sp³-hybridized carbons (Fsp3) is 0.143. The van der Waals surface area contributed by atoms with Crippen molar-refractivity contribution in [2.75, 3.05) is 13.7 Å². The Hall–Kier alpha value is -4.77. The lowest BCUT2D eigenvalue weighted by molar-refractivity contribution is -0.141. The fourth-order valence-corrected chi connectivity index (χ4v) is 3.91. The van der Waals surface area contributed by atoms with E-state index < -0.39 is 17.8 Å². The highest BCUT2D eigenvalue weighted by Crippen LogP contribution is 2.35. The number of halogens is 3. The van der Waals surface area contributed by atoms with E-state index in [-0.39, 0.29) is 41.6 Å². The summed E-state index contributed by atoms with van der Waals surface area (Å²) in [6.07, 6.45) is -0.815. The average molecular weight is 538 g/mol. The standard InChI is InChI=1S/C28H26F3N5O3/c1-17(20-8-10-22(38-2)26-21(20)9-11-24(35-26)28(29,30)31)39-23(15-32)25(33)27(37)34-16-18-6-5-7-19(14-18)36-12-3-4-13-36/h3-14H,1,15-16,32-33H2,2H3,(H,34,37)/b25-23-. The van der Waals surface area contributed by atoms with Crippen molar-refractivity contribution in [2.24, 2.45) is 11.5 Å². The van der Waals surface area contributed by atoms with Crippen molar-refractivity contribution < 1.29 is 27.4 Å². The third-order valence-electron chi connectivity index (χ3n) is 5.87. The maximum Gasteiger partial charge on any atom is 0.433 e. The van der Waals surface area contributed by atoms with Crippen molar-refractivity contribution in [3.8, 4) is 11.4 Å². The molecular weight excluding hydrogens is 511 g/mol. The molecule has 0 aliphatic heterocycles. The molecule has 0 fully saturated rings. The zero-order chi connectivity index (χ0) is 28.2. The quantitative estimate of drug-likeness (QED) is 0.214. The normalized spacial score (nSPS) is 12.1. The van der Waals surface area contributed by atoms with E-state index in [1.54, 1.807) is 6.07 Å². The molecule has 4 rings (SSSR count). The fourth-order valence-electron chi connectivity index (χ4n) is 3.91. The van der Waals surface area contributed by atoms with E-state index in [2.05, 4.69) is 16.9 Å². The second-order valence-electron chi connectivity index (χ2n) is 8.41. The summed E-state index contributed by atoms with van der Waals surface area (Å²) in [5.74, 6) is -0.505. The van der Waals surface area contributed by atoms with Gasteiger partial charge in [-0.2, -0.15) is 13.2 Å². The van der Waals surface area contributed by atoms with Crippen LogP contribution in [0.5, 0.6) is 5.75 Å². The van der Waals surface area contributed by atoms with Gasteiger partial charge < -0.3 is 30.8 Å². The molecule has 2 aromatic carbocycles. The van der Waals surface area contributed by atoms with Gasteiger partial charge in [-0.1, -0.05) is 18.7 Å². The molecule has 0 spiro atoms. The van der Waals surface area contributed by atoms with Gasteiger partial charge in [0.1, 0.15) is 34.2 Å². The number of rotatable bonds is 9. The van der Waals surface area contributed by atoms with Crippen LogP contribution in [-0.4, -0.2) is 29.1 Å². The molecule has 0 saturated heterocycles. The number of nitrogens with zero attached hydrogens (tertiary/aromatic N) is 2. The second kappa shape index (κ2) is 11.3. The Morgan fingerprint density at radius 1 is 1.10 bits per heavy atom. The van der Waals surface area contributed by atoms with E-state index in [4.69, 9.17) is 20.9 Å². The number of alkyl halides is 3. The molecule has 0 radical (unpaired) electrons. The summed E-state index contributed by atoms with van der Waals surface area (Å²) in [4.78, 5) is 16.5. The lowest BCUT2D eigenvalue weighted by atomic mass is 10.1. The van der Waals surface area contributed by atoms with Gasteiger partial charge in [0.05, 0.1) is 13.7 Å². The summed E-state index contributed by atoms with van der Waals surface area (Å²) in [6.45, 7) is 3.83. The third-order valence-corrected chi connectivity index (χ3v) is 5.87. The number of hydrogen-bond donors (Lipinski definition) is 3. The third kappa shape index (κ3) is 6.04. The zero-order valence-corrected chi connectivity index (χ0v) is 21.0. The first-order valence-corrected chi connectivity index (χ1v) is 11.7. The lowest BCUT2D eigenvalue weighted by Crippen LogP contribution is -2.31. The molecule has 0 aliphatic carbocycles. The molecule has 2 heterocycles. The highest BCUT2D eigenvalue weighted by atomic mass is 19.4. The maximum atomic E-state index is 13.2. The van der Waals surface area contributed by atoms with Crippen molar-refractivity contribution >= 4 is 22.6 Å². The molecule has 11 heteroatoms. The van der Waals surface area contributed by atoms with Crippen molar-refractivity contribution in [1.29, 1.82) is 0 Å². The molecule has 0 saturated carbocycles. The molecule has 0 bridgehead atoms. The van der Waals surface area contributed by atoms with Gasteiger partial charge in [0.2, 0.25) is 0 Å². The molecule has 0 aliphatic rings. The van der Waals surface area contributed by atoms with Crippen LogP contribution >= 0.6 is 0 Å². The number of pyridine rings is 1. The number of nitrogens with one attached hydrogen (secondary N) is 1. The Morgan fingerprint density at radius 2 is 1.85 bits per heavy atom. The number of ether oxygens (including phenoxy) is 2. The zero-order valence-electron chi connectivity index (χ0n) is 21.0. The van der Waals surface area contributed by atoms with E-state index in [9.17, 15) is 18.0 Å². The monoisotopic (exact) mass is 537 g/mol. The topological polar surface area (TPSA) is 117 Å². The molecular formula is C28H26F3N5O3. The van der Waals surface area contributed by atoms with Gasteiger partial charge in [-0.3, -0.25) is 4.79 Å². The van der Waals surface area contributed by atoms with Crippen molar-refractivity contribution in [1.82, 2.24) is 14.9 Å². The Balaban J connectivity index is 1.53. The number of carbonyl (C=O) groups excluding carboxylic acids is 1. The summed E-state index contributed by atoms with van der Waals surface area (Å²) < 4.78 is 52.6. The number of fused-ring (bicyclic) bond motifs is 1. The van der Waals surface area contributed by atoms with Gasteiger partial charge in [0.25, 0.3) is 5.91 Å². The van der Waals surface area contributed by atoms with E-state index in [0.717, 1.165) is 17.3 Å². The van der Waals surface area contributed by atoms with Crippen molar-refractivity contribution in [2.45, 2.75) is 12.7 Å². The molecule has 5 N–H and O–H groups in total. The predicted octanol–water partition coefficient (Wildman–Crippen LogP) is 4.49. The molecule has 1 amide bonds. The Morgan fingerprint density at radius 3 is 2.51 bits per heavy atom. The number of methoxy groups -OCH3 is 1. The minimum absolute atomic E-state index is 0.0137. The number of benzene rings is 2. The summed E-state index contributed by atoms with van der Waals surface area (Å²) >= 11 is 0. The van der Waals surface area contributed by atoms with Crippen LogP contribution in [-0.2, 0) is 22.3 Å². The summed E-state index contributed by atoms with van der Waals surface area (Å²) in [5, 5.41) is 3.04. The summed E-state index contributed by atoms with van der Waals surface area (Å²) in [7, 11) is 1.33. The average Bonchev–Trinajstić information content (AvgIpc) is 3.48. The van der Waals surface area contributed by atoms with Gasteiger partial charge in [-0.15, -0.1) is 0 Å². The first-order chi connectivity index (χ1) is 18.6. The lowest BCUT2D eigenvalue weighted by Gasteiger charge is -2.17. The highest BCUT2D eigenvalue weighted by Gasteiger charge is 2.33. The first kappa shape index (κ1) is 27.3. The van der Waals surface area contributed by atoms with Crippen LogP contribution in [0.4, 0.5) is 13.2 Å². The largest absolute Gasteiger partial charge is 0.494 e. The minimum atomic E-state index is -4.64. The molecule has 202 valence electrons. The SMILES string of the molecule is C=C(O/C(CN)=C(\N)C(=O)NCc1cccc(-n2cccc2)c1)c1ccc(OC)c2nc(C(F)(F)F)ccc12. The molecule has 2 aromatic heterocycles. The van der Waals surface area contributed by atoms with E-state index in [1.807, 2.05) is 53.4 Å². The van der Waals surface area contributed by atoms with Crippen molar-refractivity contribution in [3.05, 3.63) is 108 Å². The van der Waals surface area contributed by atoms with Gasteiger partial charge >= 0.3 is 6.18 Å².